The molecule has 1 amide bonds. The highest BCUT2D eigenvalue weighted by Gasteiger charge is 2.13. The van der Waals surface area contributed by atoms with Gasteiger partial charge in [-0.3, -0.25) is 9.59 Å². The van der Waals surface area contributed by atoms with Crippen molar-refractivity contribution in [3.63, 3.8) is 0 Å². The predicted molar refractivity (Wildman–Crippen MR) is 98.8 cm³/mol. The van der Waals surface area contributed by atoms with Gasteiger partial charge in [-0.2, -0.15) is 0 Å². The fourth-order valence-electron chi connectivity index (χ4n) is 2.48. The molecular formula is C20H22ClNO2. The molecule has 24 heavy (non-hydrogen) atoms. The van der Waals surface area contributed by atoms with Crippen LogP contribution >= 0.6 is 11.6 Å². The summed E-state index contributed by atoms with van der Waals surface area (Å²) in [6.07, 6.45) is 1.34. The van der Waals surface area contributed by atoms with Crippen molar-refractivity contribution in [1.29, 1.82) is 0 Å². The quantitative estimate of drug-likeness (QED) is 0.679. The number of anilines is 1. The van der Waals surface area contributed by atoms with Crippen LogP contribution in [-0.2, 0) is 4.79 Å². The fourth-order valence-corrected chi connectivity index (χ4v) is 2.61. The van der Waals surface area contributed by atoms with Crippen LogP contribution in [0.1, 0.15) is 54.9 Å². The highest BCUT2D eigenvalue weighted by atomic mass is 35.5. The van der Waals surface area contributed by atoms with Gasteiger partial charge in [-0.25, -0.2) is 0 Å². The first-order valence-electron chi connectivity index (χ1n) is 8.18. The second kappa shape index (κ2) is 8.65. The average molecular weight is 344 g/mol. The maximum Gasteiger partial charge on any atom is 0.224 e. The molecule has 0 aliphatic carbocycles. The molecule has 0 aliphatic rings. The van der Waals surface area contributed by atoms with Crippen LogP contribution in [0, 0.1) is 0 Å². The van der Waals surface area contributed by atoms with E-state index in [2.05, 4.69) is 19.2 Å². The summed E-state index contributed by atoms with van der Waals surface area (Å²) in [4.78, 5) is 24.3. The summed E-state index contributed by atoms with van der Waals surface area (Å²) >= 11 is 5.81. The van der Waals surface area contributed by atoms with Crippen molar-refractivity contribution in [2.24, 2.45) is 0 Å². The van der Waals surface area contributed by atoms with Crippen molar-refractivity contribution in [1.82, 2.24) is 0 Å². The lowest BCUT2D eigenvalue weighted by molar-refractivity contribution is -0.116. The summed E-state index contributed by atoms with van der Waals surface area (Å²) < 4.78 is 0. The molecule has 0 aliphatic heterocycles. The minimum absolute atomic E-state index is 0.0583. The summed E-state index contributed by atoms with van der Waals surface area (Å²) in [5.74, 6) is 0.169. The Morgan fingerprint density at radius 3 is 2.38 bits per heavy atom. The van der Waals surface area contributed by atoms with Gasteiger partial charge in [0.2, 0.25) is 5.91 Å². The summed E-state index contributed by atoms with van der Waals surface area (Å²) in [6, 6.07) is 14.5. The molecule has 2 aromatic rings. The molecule has 0 fully saturated rings. The Kier molecular flexibility index (Phi) is 6.56. The van der Waals surface area contributed by atoms with E-state index in [1.54, 1.807) is 24.3 Å². The molecule has 3 nitrogen and oxygen atoms in total. The van der Waals surface area contributed by atoms with Gasteiger partial charge in [-0.1, -0.05) is 43.6 Å². The third-order valence-electron chi connectivity index (χ3n) is 4.12. The maximum absolute atomic E-state index is 12.2. The van der Waals surface area contributed by atoms with Gasteiger partial charge in [0.05, 0.1) is 0 Å². The highest BCUT2D eigenvalue weighted by Crippen LogP contribution is 2.26. The molecule has 0 aromatic heterocycles. The monoisotopic (exact) mass is 343 g/mol. The smallest absolute Gasteiger partial charge is 0.224 e. The molecule has 4 heteroatoms. The molecule has 2 rings (SSSR count). The average Bonchev–Trinajstić information content (AvgIpc) is 2.60. The Balaban J connectivity index is 1.94. The highest BCUT2D eigenvalue weighted by molar-refractivity contribution is 6.30. The lowest BCUT2D eigenvalue weighted by Gasteiger charge is -2.15. The van der Waals surface area contributed by atoms with Crippen LogP contribution in [0.4, 0.5) is 5.69 Å². The number of rotatable bonds is 7. The van der Waals surface area contributed by atoms with E-state index in [0.717, 1.165) is 17.7 Å². The van der Waals surface area contributed by atoms with Crippen LogP contribution < -0.4 is 5.32 Å². The van der Waals surface area contributed by atoms with Gasteiger partial charge in [-0.05, 0) is 48.2 Å². The van der Waals surface area contributed by atoms with E-state index in [9.17, 15) is 9.59 Å². The van der Waals surface area contributed by atoms with Crippen LogP contribution in [0.2, 0.25) is 5.02 Å². The zero-order valence-electron chi connectivity index (χ0n) is 14.0. The molecule has 1 atom stereocenters. The Hall–Kier alpha value is -2.13. The lowest BCUT2D eigenvalue weighted by atomic mass is 9.97. The number of benzene rings is 2. The minimum atomic E-state index is -0.145. The number of hydrogen-bond acceptors (Lipinski definition) is 2. The van der Waals surface area contributed by atoms with Gasteiger partial charge in [0.15, 0.2) is 5.78 Å². The summed E-state index contributed by atoms with van der Waals surface area (Å²) in [5, 5.41) is 3.52. The number of para-hydroxylation sites is 1. The van der Waals surface area contributed by atoms with E-state index in [1.165, 1.54) is 0 Å². The minimum Gasteiger partial charge on any atom is -0.326 e. The maximum atomic E-state index is 12.2. The van der Waals surface area contributed by atoms with Crippen molar-refractivity contribution < 1.29 is 9.59 Å². The van der Waals surface area contributed by atoms with Gasteiger partial charge >= 0.3 is 0 Å². The predicted octanol–water partition coefficient (Wildman–Crippen LogP) is 5.46. The van der Waals surface area contributed by atoms with Gasteiger partial charge < -0.3 is 5.32 Å². The van der Waals surface area contributed by atoms with Crippen molar-refractivity contribution in [3.8, 4) is 0 Å². The third-order valence-corrected chi connectivity index (χ3v) is 4.38. The van der Waals surface area contributed by atoms with Crippen molar-refractivity contribution in [3.05, 3.63) is 64.7 Å². The van der Waals surface area contributed by atoms with E-state index in [4.69, 9.17) is 11.6 Å². The third kappa shape index (κ3) is 4.93. The van der Waals surface area contributed by atoms with Gasteiger partial charge in [-0.15, -0.1) is 0 Å². The van der Waals surface area contributed by atoms with Crippen molar-refractivity contribution in [2.45, 2.75) is 39.0 Å². The first kappa shape index (κ1) is 18.2. The first-order valence-corrected chi connectivity index (χ1v) is 8.56. The molecule has 0 heterocycles. The lowest BCUT2D eigenvalue weighted by Crippen LogP contribution is -2.15. The molecule has 0 spiro atoms. The van der Waals surface area contributed by atoms with E-state index >= 15 is 0 Å². The zero-order chi connectivity index (χ0) is 17.5. The molecule has 2 aromatic carbocycles. The number of Topliss-reactive ketones (excluding diaryl/α,β-unsaturated/α-hetero) is 1. The fraction of sp³-hybridized carbons (Fsp3) is 0.300. The molecular weight excluding hydrogens is 322 g/mol. The number of ketones is 1. The van der Waals surface area contributed by atoms with Gasteiger partial charge in [0, 0.05) is 29.1 Å². The Labute approximate surface area is 148 Å². The number of nitrogens with one attached hydrogen (secondary N) is 1. The SMILES string of the molecule is CCC(C)c1ccccc1NC(=O)CCC(=O)c1ccc(Cl)cc1. The number of halogens is 1. The topological polar surface area (TPSA) is 46.2 Å². The molecule has 1 unspecified atom stereocenters. The number of carbonyl (C=O) groups excluding carboxylic acids is 2. The summed E-state index contributed by atoms with van der Waals surface area (Å²) in [6.45, 7) is 4.25. The van der Waals surface area contributed by atoms with E-state index < -0.39 is 0 Å². The van der Waals surface area contributed by atoms with Gasteiger partial charge in [0.25, 0.3) is 0 Å². The van der Waals surface area contributed by atoms with E-state index in [1.807, 2.05) is 24.3 Å². The van der Waals surface area contributed by atoms with Crippen LogP contribution in [0.5, 0.6) is 0 Å². The normalized spacial score (nSPS) is 11.8. The van der Waals surface area contributed by atoms with Gasteiger partial charge in [0.1, 0.15) is 0 Å². The summed E-state index contributed by atoms with van der Waals surface area (Å²) in [5.41, 5.74) is 2.53. The molecule has 126 valence electrons. The standard InChI is InChI=1S/C20H22ClNO2/c1-3-14(2)17-6-4-5-7-18(17)22-20(24)13-12-19(23)15-8-10-16(21)11-9-15/h4-11,14H,3,12-13H2,1-2H3,(H,22,24). The molecule has 0 radical (unpaired) electrons. The molecule has 0 bridgehead atoms. The van der Waals surface area contributed by atoms with Crippen LogP contribution in [0.15, 0.2) is 48.5 Å². The molecule has 1 N–H and O–H groups in total. The zero-order valence-corrected chi connectivity index (χ0v) is 14.8. The molecule has 0 saturated carbocycles. The molecule has 0 saturated heterocycles. The van der Waals surface area contributed by atoms with Crippen LogP contribution in [0.3, 0.4) is 0 Å². The summed E-state index contributed by atoms with van der Waals surface area (Å²) in [7, 11) is 0. The van der Waals surface area contributed by atoms with Crippen molar-refractivity contribution in [2.75, 3.05) is 5.32 Å². The van der Waals surface area contributed by atoms with Crippen molar-refractivity contribution >= 4 is 29.0 Å². The second-order valence-electron chi connectivity index (χ2n) is 5.87. The first-order chi connectivity index (χ1) is 11.5. The van der Waals surface area contributed by atoms with Crippen LogP contribution in [-0.4, -0.2) is 11.7 Å². The Morgan fingerprint density at radius 2 is 1.71 bits per heavy atom. The Bertz CT molecular complexity index is 710. The Morgan fingerprint density at radius 1 is 1.04 bits per heavy atom. The number of amides is 1. The largest absolute Gasteiger partial charge is 0.326 e. The number of hydrogen-bond donors (Lipinski definition) is 1. The van der Waals surface area contributed by atoms with E-state index in [0.29, 0.717) is 16.5 Å². The van der Waals surface area contributed by atoms with Crippen LogP contribution in [0.25, 0.3) is 0 Å². The number of carbonyl (C=O) groups is 2. The second-order valence-corrected chi connectivity index (χ2v) is 6.31. The van der Waals surface area contributed by atoms with E-state index in [-0.39, 0.29) is 24.5 Å².